The molecule has 0 saturated carbocycles. The fourth-order valence-corrected chi connectivity index (χ4v) is 3.72. The van der Waals surface area contributed by atoms with E-state index in [4.69, 9.17) is 27.5 Å². The Bertz CT molecular complexity index is 1140. The monoisotopic (exact) mass is 513 g/mol. The van der Waals surface area contributed by atoms with Crippen LogP contribution in [0.5, 0.6) is 5.88 Å². The molecule has 1 saturated heterocycles. The van der Waals surface area contributed by atoms with Crippen LogP contribution in [-0.2, 0) is 16.1 Å². The number of halogens is 4. The van der Waals surface area contributed by atoms with Crippen LogP contribution in [0.4, 0.5) is 18.9 Å². The van der Waals surface area contributed by atoms with E-state index in [0.717, 1.165) is 12.4 Å². The summed E-state index contributed by atoms with van der Waals surface area (Å²) in [4.78, 5) is 30.6. The SMILES string of the molecule is COc1cc(/C(N)=C/C(=N)C(=O)N2CCC(C(=O)Nc3cnn(CC(F)(F)F)c3)CC2)c(Cl)cn1. The van der Waals surface area contributed by atoms with Gasteiger partial charge in [-0.2, -0.15) is 18.3 Å². The second kappa shape index (κ2) is 10.8. The molecule has 14 heteroatoms. The molecule has 2 aromatic rings. The van der Waals surface area contributed by atoms with E-state index in [9.17, 15) is 22.8 Å². The molecule has 0 atom stereocenters. The smallest absolute Gasteiger partial charge is 0.408 e. The van der Waals surface area contributed by atoms with Gasteiger partial charge in [-0.25, -0.2) is 4.98 Å². The van der Waals surface area contributed by atoms with Crippen LogP contribution in [0.25, 0.3) is 5.70 Å². The van der Waals surface area contributed by atoms with Crippen molar-refractivity contribution in [3.05, 3.63) is 41.3 Å². The van der Waals surface area contributed by atoms with E-state index in [2.05, 4.69) is 15.4 Å². The Labute approximate surface area is 203 Å². The summed E-state index contributed by atoms with van der Waals surface area (Å²) in [5.41, 5.74) is 6.28. The van der Waals surface area contributed by atoms with E-state index in [1.807, 2.05) is 0 Å². The molecule has 1 aliphatic heterocycles. The molecule has 1 aliphatic rings. The van der Waals surface area contributed by atoms with Crippen molar-refractivity contribution in [3.8, 4) is 5.88 Å². The molecule has 0 unspecified atom stereocenters. The lowest BCUT2D eigenvalue weighted by Crippen LogP contribution is -2.43. The summed E-state index contributed by atoms with van der Waals surface area (Å²) in [5, 5.41) is 14.5. The first kappa shape index (κ1) is 26.0. The Morgan fingerprint density at radius 1 is 1.34 bits per heavy atom. The molecule has 10 nitrogen and oxygen atoms in total. The van der Waals surface area contributed by atoms with Gasteiger partial charge in [0.2, 0.25) is 11.8 Å². The maximum absolute atomic E-state index is 12.7. The van der Waals surface area contributed by atoms with Crippen LogP contribution in [0.15, 0.2) is 30.7 Å². The molecule has 35 heavy (non-hydrogen) atoms. The van der Waals surface area contributed by atoms with E-state index in [1.165, 1.54) is 30.3 Å². The predicted molar refractivity (Wildman–Crippen MR) is 122 cm³/mol. The Morgan fingerprint density at radius 3 is 2.66 bits per heavy atom. The molecular weight excluding hydrogens is 491 g/mol. The number of hydrogen-bond acceptors (Lipinski definition) is 7. The molecule has 0 aliphatic carbocycles. The first-order valence-electron chi connectivity index (χ1n) is 10.4. The first-order chi connectivity index (χ1) is 16.5. The zero-order valence-corrected chi connectivity index (χ0v) is 19.4. The van der Waals surface area contributed by atoms with Gasteiger partial charge >= 0.3 is 6.18 Å². The molecule has 3 rings (SSSR count). The van der Waals surface area contributed by atoms with Crippen molar-refractivity contribution in [2.75, 3.05) is 25.5 Å². The van der Waals surface area contributed by atoms with Gasteiger partial charge in [0.1, 0.15) is 12.3 Å². The number of pyridine rings is 1. The number of nitrogens with two attached hydrogens (primary N) is 1. The minimum absolute atomic E-state index is 0.0920. The van der Waals surface area contributed by atoms with Crippen molar-refractivity contribution >= 4 is 40.5 Å². The highest BCUT2D eigenvalue weighted by Gasteiger charge is 2.30. The van der Waals surface area contributed by atoms with Gasteiger partial charge in [0, 0.05) is 42.5 Å². The van der Waals surface area contributed by atoms with Crippen molar-refractivity contribution < 1.29 is 27.5 Å². The molecule has 188 valence electrons. The number of anilines is 1. The molecule has 0 aromatic carbocycles. The topological polar surface area (TPSA) is 139 Å². The van der Waals surface area contributed by atoms with Crippen LogP contribution in [0.1, 0.15) is 18.4 Å². The Kier molecular flexibility index (Phi) is 7.99. The Balaban J connectivity index is 1.54. The number of aromatic nitrogens is 3. The molecule has 4 N–H and O–H groups in total. The number of likely N-dealkylation sites (tertiary alicyclic amines) is 1. The van der Waals surface area contributed by atoms with E-state index < -0.39 is 24.5 Å². The van der Waals surface area contributed by atoms with Crippen molar-refractivity contribution in [3.63, 3.8) is 0 Å². The lowest BCUT2D eigenvalue weighted by molar-refractivity contribution is -0.142. The van der Waals surface area contributed by atoms with Crippen LogP contribution in [0, 0.1) is 11.3 Å². The Hall–Kier alpha value is -3.61. The molecular formula is C21H23ClF3N7O3. The van der Waals surface area contributed by atoms with Crippen LogP contribution in [0.3, 0.4) is 0 Å². The minimum atomic E-state index is -4.42. The number of nitrogens with one attached hydrogen (secondary N) is 2. The number of carbonyl (C=O) groups excluding carboxylic acids is 2. The molecule has 0 radical (unpaired) electrons. The highest BCUT2D eigenvalue weighted by atomic mass is 35.5. The summed E-state index contributed by atoms with van der Waals surface area (Å²) in [6, 6.07) is 1.49. The highest BCUT2D eigenvalue weighted by molar-refractivity contribution is 6.43. The number of carbonyl (C=O) groups is 2. The fourth-order valence-electron chi connectivity index (χ4n) is 3.51. The third kappa shape index (κ3) is 6.94. The van der Waals surface area contributed by atoms with Crippen molar-refractivity contribution in [1.29, 1.82) is 5.41 Å². The first-order valence-corrected chi connectivity index (χ1v) is 10.8. The van der Waals surface area contributed by atoms with Crippen LogP contribution in [-0.4, -0.2) is 63.6 Å². The van der Waals surface area contributed by atoms with Gasteiger partial charge in [-0.3, -0.25) is 19.7 Å². The summed E-state index contributed by atoms with van der Waals surface area (Å²) < 4.78 is 43.1. The molecule has 2 aromatic heterocycles. The average molecular weight is 514 g/mol. The normalized spacial score (nSPS) is 15.1. The third-order valence-electron chi connectivity index (χ3n) is 5.28. The van der Waals surface area contributed by atoms with Gasteiger partial charge in [-0.1, -0.05) is 11.6 Å². The largest absolute Gasteiger partial charge is 0.481 e. The number of nitrogens with zero attached hydrogens (tertiary/aromatic N) is 4. The fraction of sp³-hybridized carbons (Fsp3) is 0.381. The van der Waals surface area contributed by atoms with Gasteiger partial charge in [-0.15, -0.1) is 0 Å². The highest BCUT2D eigenvalue weighted by Crippen LogP contribution is 2.24. The van der Waals surface area contributed by atoms with E-state index in [-0.39, 0.29) is 47.0 Å². The van der Waals surface area contributed by atoms with Crippen molar-refractivity contribution in [2.45, 2.75) is 25.6 Å². The van der Waals surface area contributed by atoms with Crippen LogP contribution < -0.4 is 15.8 Å². The number of rotatable bonds is 7. The van der Waals surface area contributed by atoms with Gasteiger partial charge in [-0.05, 0) is 18.9 Å². The Morgan fingerprint density at radius 2 is 2.03 bits per heavy atom. The van der Waals surface area contributed by atoms with Crippen molar-refractivity contribution in [1.82, 2.24) is 19.7 Å². The van der Waals surface area contributed by atoms with Gasteiger partial charge in [0.25, 0.3) is 5.91 Å². The quantitative estimate of drug-likeness (QED) is 0.486. The molecule has 2 amide bonds. The standard InChI is InChI=1S/C21H23ClF3N7O3/c1-35-18-6-14(15(22)9-28-18)16(26)7-17(27)20(34)31-4-2-12(3-5-31)19(33)30-13-8-29-32(10-13)11-21(23,24)25/h6-10,12,27H,2-5,11,26H2,1H3,(H,30,33)/b16-7-,27-17?. The second-order valence-corrected chi connectivity index (χ2v) is 8.22. The van der Waals surface area contributed by atoms with Crippen molar-refractivity contribution in [2.24, 2.45) is 11.7 Å². The maximum Gasteiger partial charge on any atom is 0.408 e. The minimum Gasteiger partial charge on any atom is -0.481 e. The third-order valence-corrected chi connectivity index (χ3v) is 5.58. The van der Waals surface area contributed by atoms with E-state index in [1.54, 1.807) is 0 Å². The van der Waals surface area contributed by atoms with E-state index >= 15 is 0 Å². The van der Waals surface area contributed by atoms with Gasteiger partial charge in [0.05, 0.1) is 30.2 Å². The number of ether oxygens (including phenoxy) is 1. The summed E-state index contributed by atoms with van der Waals surface area (Å²) in [5.74, 6) is -1.10. The van der Waals surface area contributed by atoms with Crippen LogP contribution in [0.2, 0.25) is 5.02 Å². The predicted octanol–water partition coefficient (Wildman–Crippen LogP) is 2.70. The van der Waals surface area contributed by atoms with Gasteiger partial charge in [0.15, 0.2) is 0 Å². The summed E-state index contributed by atoms with van der Waals surface area (Å²) >= 11 is 6.10. The van der Waals surface area contributed by atoms with E-state index in [0.29, 0.717) is 23.1 Å². The summed E-state index contributed by atoms with van der Waals surface area (Å²) in [7, 11) is 1.43. The zero-order chi connectivity index (χ0) is 25.8. The lowest BCUT2D eigenvalue weighted by atomic mass is 9.95. The number of methoxy groups -OCH3 is 1. The number of hydrogen-bond donors (Lipinski definition) is 3. The lowest BCUT2D eigenvalue weighted by Gasteiger charge is -2.31. The summed E-state index contributed by atoms with van der Waals surface area (Å²) in [6.45, 7) is -0.802. The maximum atomic E-state index is 12.7. The summed E-state index contributed by atoms with van der Waals surface area (Å²) in [6.07, 6.45) is 1.02. The van der Waals surface area contributed by atoms with Gasteiger partial charge < -0.3 is 20.7 Å². The number of piperidine rings is 1. The molecule has 0 spiro atoms. The number of alkyl halides is 3. The average Bonchev–Trinajstić information content (AvgIpc) is 3.23. The van der Waals surface area contributed by atoms with Crippen LogP contribution >= 0.6 is 11.6 Å². The molecule has 0 bridgehead atoms. The zero-order valence-electron chi connectivity index (χ0n) is 18.6. The molecule has 3 heterocycles. The second-order valence-electron chi connectivity index (χ2n) is 7.82. The number of amides is 2. The molecule has 1 fully saturated rings.